The zero-order chi connectivity index (χ0) is 15.5. The zero-order valence-electron chi connectivity index (χ0n) is 12.5. The van der Waals surface area contributed by atoms with Gasteiger partial charge >= 0.3 is 5.63 Å². The van der Waals surface area contributed by atoms with Crippen molar-refractivity contribution >= 4 is 16.5 Å². The summed E-state index contributed by atoms with van der Waals surface area (Å²) in [5.41, 5.74) is 1.98. The van der Waals surface area contributed by atoms with Gasteiger partial charge in [0, 0.05) is 20.3 Å². The Balaban J connectivity index is 2.23. The summed E-state index contributed by atoms with van der Waals surface area (Å²) < 4.78 is 5.45. The monoisotopic (exact) mass is 292 g/mol. The molecule has 3 rings (SSSR count). The molecule has 0 N–H and O–H groups in total. The van der Waals surface area contributed by atoms with Gasteiger partial charge in [0.1, 0.15) is 0 Å². The summed E-state index contributed by atoms with van der Waals surface area (Å²) in [5, 5.41) is 0.489. The van der Waals surface area contributed by atoms with Crippen molar-refractivity contribution in [3.63, 3.8) is 0 Å². The van der Waals surface area contributed by atoms with Crippen LogP contribution in [-0.4, -0.2) is 24.0 Å². The summed E-state index contributed by atoms with van der Waals surface area (Å²) in [7, 11) is 3.84. The third kappa shape index (κ3) is 2.76. The number of hydrogen-bond acceptors (Lipinski definition) is 4. The lowest BCUT2D eigenvalue weighted by atomic mass is 10.1. The molecule has 0 saturated heterocycles. The van der Waals surface area contributed by atoms with Crippen LogP contribution in [0, 0.1) is 0 Å². The molecule has 2 aromatic carbocycles. The van der Waals surface area contributed by atoms with Crippen molar-refractivity contribution in [1.82, 2.24) is 9.88 Å². The first-order valence-electron chi connectivity index (χ1n) is 6.99. The fraction of sp³-hybridized carbons (Fsp3) is 0.111. The summed E-state index contributed by atoms with van der Waals surface area (Å²) in [4.78, 5) is 18.6. The average Bonchev–Trinajstić information content (AvgIpc) is 2.53. The van der Waals surface area contributed by atoms with Crippen LogP contribution < -0.4 is 5.63 Å². The summed E-state index contributed by atoms with van der Waals surface area (Å²) in [6.45, 7) is 0. The second-order valence-corrected chi connectivity index (χ2v) is 5.20. The molecule has 0 aliphatic carbocycles. The maximum absolute atomic E-state index is 12.2. The van der Waals surface area contributed by atoms with Gasteiger partial charge in [0.25, 0.3) is 0 Å². The first-order chi connectivity index (χ1) is 10.6. The maximum atomic E-state index is 12.2. The van der Waals surface area contributed by atoms with E-state index in [1.54, 1.807) is 12.1 Å². The third-order valence-corrected chi connectivity index (χ3v) is 3.24. The summed E-state index contributed by atoms with van der Waals surface area (Å²) in [6, 6.07) is 16.9. The fourth-order valence-electron chi connectivity index (χ4n) is 2.26. The highest BCUT2D eigenvalue weighted by atomic mass is 16.4. The summed E-state index contributed by atoms with van der Waals surface area (Å²) in [6.07, 6.45) is 1.90. The van der Waals surface area contributed by atoms with Gasteiger partial charge in [-0.25, -0.2) is 9.78 Å². The second-order valence-electron chi connectivity index (χ2n) is 5.20. The van der Waals surface area contributed by atoms with Crippen LogP contribution >= 0.6 is 0 Å². The van der Waals surface area contributed by atoms with Gasteiger partial charge in [-0.3, -0.25) is 0 Å². The molecular formula is C18H16N2O2. The van der Waals surface area contributed by atoms with Crippen LogP contribution in [0.5, 0.6) is 0 Å². The lowest BCUT2D eigenvalue weighted by molar-refractivity contribution is 0.483. The van der Waals surface area contributed by atoms with E-state index < -0.39 is 0 Å². The number of nitrogens with zero attached hydrogens (tertiary/aromatic N) is 2. The minimum absolute atomic E-state index is 0.323. The Morgan fingerprint density at radius 3 is 2.45 bits per heavy atom. The van der Waals surface area contributed by atoms with Crippen molar-refractivity contribution in [2.24, 2.45) is 0 Å². The Kier molecular flexibility index (Phi) is 3.74. The molecular weight excluding hydrogens is 276 g/mol. The minimum atomic E-state index is -0.374. The maximum Gasteiger partial charge on any atom is 0.347 e. The molecule has 0 aliphatic rings. The van der Waals surface area contributed by atoms with E-state index in [-0.39, 0.29) is 5.63 Å². The highest BCUT2D eigenvalue weighted by molar-refractivity contribution is 5.81. The molecule has 0 saturated carbocycles. The first kappa shape index (κ1) is 14.1. The normalized spacial score (nSPS) is 11.6. The van der Waals surface area contributed by atoms with Gasteiger partial charge in [-0.15, -0.1) is 0 Å². The molecule has 3 aromatic rings. The predicted octanol–water partition coefficient (Wildman–Crippen LogP) is 3.14. The second kappa shape index (κ2) is 5.85. The Labute approximate surface area is 128 Å². The quantitative estimate of drug-likeness (QED) is 0.744. The standard InChI is InChI=1S/C18H16N2O2/c1-20(2)12-15(13-8-4-3-5-9-13)17-19-16-11-7-6-10-14(16)18(21)22-17/h3-12H,1-2H3/b15-12-. The van der Waals surface area contributed by atoms with Crippen LogP contribution in [0.2, 0.25) is 0 Å². The molecule has 0 bridgehead atoms. The lowest BCUT2D eigenvalue weighted by Crippen LogP contribution is -2.08. The van der Waals surface area contributed by atoms with Gasteiger partial charge in [-0.05, 0) is 17.7 Å². The predicted molar refractivity (Wildman–Crippen MR) is 87.5 cm³/mol. The number of benzene rings is 2. The molecule has 0 unspecified atom stereocenters. The van der Waals surface area contributed by atoms with E-state index in [2.05, 4.69) is 4.98 Å². The number of aromatic nitrogens is 1. The molecule has 0 amide bonds. The van der Waals surface area contributed by atoms with Crippen LogP contribution in [0.25, 0.3) is 16.5 Å². The van der Waals surface area contributed by atoms with Gasteiger partial charge in [0.2, 0.25) is 5.89 Å². The molecule has 0 aliphatic heterocycles. The van der Waals surface area contributed by atoms with Gasteiger partial charge in [-0.1, -0.05) is 42.5 Å². The number of fused-ring (bicyclic) bond motifs is 1. The fourth-order valence-corrected chi connectivity index (χ4v) is 2.26. The topological polar surface area (TPSA) is 46.3 Å². The number of hydrogen-bond donors (Lipinski definition) is 0. The molecule has 4 nitrogen and oxygen atoms in total. The van der Waals surface area contributed by atoms with Gasteiger partial charge in [0.15, 0.2) is 0 Å². The lowest BCUT2D eigenvalue weighted by Gasteiger charge is -2.11. The number of rotatable bonds is 3. The Morgan fingerprint density at radius 2 is 1.73 bits per heavy atom. The Morgan fingerprint density at radius 1 is 1.05 bits per heavy atom. The summed E-state index contributed by atoms with van der Waals surface area (Å²) in [5.74, 6) is 0.323. The highest BCUT2D eigenvalue weighted by Gasteiger charge is 2.13. The van der Waals surface area contributed by atoms with E-state index in [1.807, 2.05) is 67.7 Å². The first-order valence-corrected chi connectivity index (χ1v) is 6.99. The van der Waals surface area contributed by atoms with Crippen molar-refractivity contribution < 1.29 is 4.42 Å². The largest absolute Gasteiger partial charge is 0.403 e. The van der Waals surface area contributed by atoms with Crippen LogP contribution in [-0.2, 0) is 0 Å². The zero-order valence-corrected chi connectivity index (χ0v) is 12.5. The van der Waals surface area contributed by atoms with Crippen LogP contribution in [0.4, 0.5) is 0 Å². The van der Waals surface area contributed by atoms with E-state index in [0.29, 0.717) is 16.8 Å². The molecule has 0 fully saturated rings. The van der Waals surface area contributed by atoms with E-state index in [4.69, 9.17) is 4.42 Å². The SMILES string of the molecule is CN(C)/C=C(/c1ccccc1)c1nc2ccccc2c(=O)o1. The van der Waals surface area contributed by atoms with Gasteiger partial charge in [-0.2, -0.15) is 0 Å². The molecule has 4 heteroatoms. The molecule has 0 spiro atoms. The van der Waals surface area contributed by atoms with Crippen LogP contribution in [0.15, 0.2) is 70.0 Å². The molecule has 22 heavy (non-hydrogen) atoms. The smallest absolute Gasteiger partial charge is 0.347 e. The van der Waals surface area contributed by atoms with E-state index in [1.165, 1.54) is 0 Å². The minimum Gasteiger partial charge on any atom is -0.403 e. The van der Waals surface area contributed by atoms with E-state index in [0.717, 1.165) is 11.1 Å². The molecule has 1 heterocycles. The number of para-hydroxylation sites is 1. The van der Waals surface area contributed by atoms with E-state index in [9.17, 15) is 4.79 Å². The van der Waals surface area contributed by atoms with Gasteiger partial charge < -0.3 is 9.32 Å². The molecule has 1 aromatic heterocycles. The van der Waals surface area contributed by atoms with Crippen molar-refractivity contribution in [1.29, 1.82) is 0 Å². The van der Waals surface area contributed by atoms with Crippen molar-refractivity contribution in [2.45, 2.75) is 0 Å². The van der Waals surface area contributed by atoms with Crippen LogP contribution in [0.1, 0.15) is 11.5 Å². The summed E-state index contributed by atoms with van der Waals surface area (Å²) >= 11 is 0. The van der Waals surface area contributed by atoms with Crippen LogP contribution in [0.3, 0.4) is 0 Å². The average molecular weight is 292 g/mol. The molecule has 110 valence electrons. The molecule has 0 atom stereocenters. The Bertz CT molecular complexity index is 880. The molecule has 0 radical (unpaired) electrons. The van der Waals surface area contributed by atoms with Crippen molar-refractivity contribution in [3.8, 4) is 0 Å². The van der Waals surface area contributed by atoms with E-state index >= 15 is 0 Å². The third-order valence-electron chi connectivity index (χ3n) is 3.24. The van der Waals surface area contributed by atoms with Gasteiger partial charge in [0.05, 0.1) is 16.5 Å². The highest BCUT2D eigenvalue weighted by Crippen LogP contribution is 2.22. The van der Waals surface area contributed by atoms with Crippen molar-refractivity contribution in [3.05, 3.63) is 82.7 Å². The Hall–Kier alpha value is -2.88. The van der Waals surface area contributed by atoms with Crippen molar-refractivity contribution in [2.75, 3.05) is 14.1 Å².